The molecule has 0 bridgehead atoms. The number of hydrogen-bond donors (Lipinski definition) is 0. The number of alkyl halides is 3. The Morgan fingerprint density at radius 1 is 0.361 bits per heavy atom. The molecule has 0 aliphatic carbocycles. The summed E-state index contributed by atoms with van der Waals surface area (Å²) in [6, 6.07) is 39.8. The van der Waals surface area contributed by atoms with E-state index in [0.29, 0.717) is 115 Å². The largest absolute Gasteiger partial charge is 0.416 e. The molecule has 7 aromatic carbocycles. The molecule has 83 heavy (non-hydrogen) atoms. The van der Waals surface area contributed by atoms with E-state index in [1.807, 2.05) is 134 Å². The van der Waals surface area contributed by atoms with Gasteiger partial charge in [0.05, 0.1) is 39.9 Å². The standard InChI is InChI=1S/C65H48F3N15/c1-32-26-46(65(66,67)68)19-20-47(32)41-14-21-58(82-54-22-15-42(61-74-33(2)70-34(3)75-61)28-48(54)49-29-43(16-23-55(49)82)62-76-35(4)71-36(5)77-62)52(27-41)60-53(69-10)12-11-13-59(60)83-56-24-17-44(63-78-37(6)72-38(7)79-63)30-50(56)51-31-45(18-25-57(51)83)64-80-39(8)73-40(9)81-64/h11-31H,1-9H3. The maximum absolute atomic E-state index is 14.3. The molecule has 6 aromatic heterocycles. The molecule has 6 heterocycles. The summed E-state index contributed by atoms with van der Waals surface area (Å²) in [7, 11) is 0. The van der Waals surface area contributed by atoms with Crippen LogP contribution in [0.5, 0.6) is 0 Å². The highest BCUT2D eigenvalue weighted by molar-refractivity contribution is 6.14. The summed E-state index contributed by atoms with van der Waals surface area (Å²) < 4.78 is 47.1. The molecule has 0 spiro atoms. The third-order valence-corrected chi connectivity index (χ3v) is 14.8. The minimum absolute atomic E-state index is 0.340. The first-order valence-corrected chi connectivity index (χ1v) is 26.6. The molecule has 0 radical (unpaired) electrons. The third-order valence-electron chi connectivity index (χ3n) is 14.8. The van der Waals surface area contributed by atoms with E-state index in [9.17, 15) is 13.2 Å². The van der Waals surface area contributed by atoms with Crippen LogP contribution < -0.4 is 0 Å². The van der Waals surface area contributed by atoms with Crippen molar-refractivity contribution < 1.29 is 13.2 Å². The number of aromatic nitrogens is 14. The van der Waals surface area contributed by atoms with Gasteiger partial charge in [0.1, 0.15) is 46.6 Å². The molecule has 0 amide bonds. The van der Waals surface area contributed by atoms with Gasteiger partial charge in [-0.2, -0.15) is 13.2 Å². The zero-order valence-corrected chi connectivity index (χ0v) is 46.5. The lowest BCUT2D eigenvalue weighted by atomic mass is 9.92. The van der Waals surface area contributed by atoms with Gasteiger partial charge in [-0.3, -0.25) is 0 Å². The fourth-order valence-electron chi connectivity index (χ4n) is 11.4. The molecule has 0 fully saturated rings. The highest BCUT2D eigenvalue weighted by Crippen LogP contribution is 2.48. The van der Waals surface area contributed by atoms with Crippen molar-refractivity contribution >= 4 is 49.3 Å². The number of aryl methyl sites for hydroxylation is 9. The molecule has 13 aromatic rings. The van der Waals surface area contributed by atoms with E-state index in [-0.39, 0.29) is 0 Å². The van der Waals surface area contributed by atoms with Gasteiger partial charge in [0, 0.05) is 55.0 Å². The quantitative estimate of drug-likeness (QED) is 0.132. The van der Waals surface area contributed by atoms with Crippen LogP contribution in [-0.2, 0) is 6.18 Å². The van der Waals surface area contributed by atoms with Crippen LogP contribution in [-0.4, -0.2) is 68.9 Å². The number of nitrogens with zero attached hydrogens (tertiary/aromatic N) is 15. The normalized spacial score (nSPS) is 11.8. The van der Waals surface area contributed by atoms with Crippen molar-refractivity contribution in [2.24, 2.45) is 0 Å². The number of hydrogen-bond acceptors (Lipinski definition) is 12. The molecule has 0 N–H and O–H groups in total. The van der Waals surface area contributed by atoms with Gasteiger partial charge < -0.3 is 9.13 Å². The van der Waals surface area contributed by atoms with E-state index in [1.54, 1.807) is 13.0 Å². The summed E-state index contributed by atoms with van der Waals surface area (Å²) >= 11 is 0. The van der Waals surface area contributed by atoms with Crippen LogP contribution in [0.4, 0.5) is 18.9 Å². The second-order valence-electron chi connectivity index (χ2n) is 20.7. The molecule has 0 unspecified atom stereocenters. The molecular weight excluding hydrogens is 1050 g/mol. The minimum atomic E-state index is -4.54. The Morgan fingerprint density at radius 2 is 0.723 bits per heavy atom. The predicted octanol–water partition coefficient (Wildman–Crippen LogP) is 15.0. The second-order valence-corrected chi connectivity index (χ2v) is 20.7. The SMILES string of the molecule is [C-]#[N+]c1cccc(-n2c3ccc(-c4nc(C)nc(C)n4)cc3c3cc(-c4nc(C)nc(C)n4)ccc32)c1-c1cc(-c2ccc(C(F)(F)F)cc2C)ccc1-n1c2ccc(-c3nc(C)nc(C)n3)cc2c2cc(-c3nc(C)nc(C)n3)ccc21. The smallest absolute Gasteiger partial charge is 0.310 e. The lowest BCUT2D eigenvalue weighted by Crippen LogP contribution is -2.05. The van der Waals surface area contributed by atoms with Crippen LogP contribution in [0.25, 0.3) is 128 Å². The van der Waals surface area contributed by atoms with Crippen molar-refractivity contribution in [3.05, 3.63) is 197 Å². The first-order valence-electron chi connectivity index (χ1n) is 26.6. The lowest BCUT2D eigenvalue weighted by molar-refractivity contribution is -0.137. The van der Waals surface area contributed by atoms with Gasteiger partial charge in [-0.15, -0.1) is 0 Å². The fraction of sp³-hybridized carbons (Fsp3) is 0.154. The van der Waals surface area contributed by atoms with Crippen molar-refractivity contribution in [3.63, 3.8) is 0 Å². The van der Waals surface area contributed by atoms with E-state index in [4.69, 9.17) is 46.4 Å². The molecule has 404 valence electrons. The Hall–Kier alpha value is -10.5. The van der Waals surface area contributed by atoms with E-state index in [1.165, 1.54) is 12.1 Å². The van der Waals surface area contributed by atoms with Crippen molar-refractivity contribution in [2.45, 2.75) is 68.5 Å². The predicted molar refractivity (Wildman–Crippen MR) is 315 cm³/mol. The molecule has 0 saturated carbocycles. The van der Waals surface area contributed by atoms with Crippen molar-refractivity contribution in [3.8, 4) is 79.2 Å². The molecule has 18 heteroatoms. The summed E-state index contributed by atoms with van der Waals surface area (Å²) in [5, 5.41) is 3.47. The summed E-state index contributed by atoms with van der Waals surface area (Å²) in [6.07, 6.45) is -4.54. The summed E-state index contributed by atoms with van der Waals surface area (Å²) in [4.78, 5) is 60.0. The number of fused-ring (bicyclic) bond motifs is 6. The van der Waals surface area contributed by atoms with Gasteiger partial charge in [0.2, 0.25) is 0 Å². The Kier molecular flexibility index (Phi) is 12.3. The van der Waals surface area contributed by atoms with Crippen LogP contribution in [0.1, 0.15) is 57.7 Å². The van der Waals surface area contributed by atoms with Crippen molar-refractivity contribution in [2.75, 3.05) is 0 Å². The van der Waals surface area contributed by atoms with Crippen LogP contribution in [0, 0.1) is 68.9 Å². The first-order chi connectivity index (χ1) is 39.8. The zero-order valence-electron chi connectivity index (χ0n) is 46.5. The first kappa shape index (κ1) is 51.9. The van der Waals surface area contributed by atoms with Crippen molar-refractivity contribution in [1.82, 2.24) is 68.9 Å². The number of rotatable bonds is 8. The van der Waals surface area contributed by atoms with Crippen LogP contribution >= 0.6 is 0 Å². The average molecular weight is 1100 g/mol. The van der Waals surface area contributed by atoms with Gasteiger partial charge >= 0.3 is 6.18 Å². The average Bonchev–Trinajstić information content (AvgIpc) is 4.00. The molecule has 0 atom stereocenters. The van der Waals surface area contributed by atoms with Crippen molar-refractivity contribution in [1.29, 1.82) is 0 Å². The van der Waals surface area contributed by atoms with E-state index in [2.05, 4.69) is 58.2 Å². The third kappa shape index (κ3) is 9.21. The van der Waals surface area contributed by atoms with Gasteiger partial charge in [0.15, 0.2) is 29.0 Å². The van der Waals surface area contributed by atoms with Crippen LogP contribution in [0.15, 0.2) is 127 Å². The Labute approximate surface area is 473 Å². The highest BCUT2D eigenvalue weighted by atomic mass is 19.4. The van der Waals surface area contributed by atoms with E-state index >= 15 is 0 Å². The van der Waals surface area contributed by atoms with E-state index < -0.39 is 11.7 Å². The van der Waals surface area contributed by atoms with Gasteiger partial charge in [-0.25, -0.2) is 64.7 Å². The maximum Gasteiger partial charge on any atom is 0.416 e. The Balaban J connectivity index is 1.13. The van der Waals surface area contributed by atoms with Gasteiger partial charge in [0.25, 0.3) is 0 Å². The fourth-order valence-corrected chi connectivity index (χ4v) is 11.4. The molecular formula is C65H48F3N15. The minimum Gasteiger partial charge on any atom is -0.310 e. The van der Waals surface area contributed by atoms with Gasteiger partial charge in [-0.05, 0) is 188 Å². The van der Waals surface area contributed by atoms with Gasteiger partial charge in [-0.1, -0.05) is 24.3 Å². The Morgan fingerprint density at radius 3 is 1.07 bits per heavy atom. The molecule has 0 saturated heterocycles. The topological polar surface area (TPSA) is 169 Å². The number of benzene rings is 7. The highest BCUT2D eigenvalue weighted by Gasteiger charge is 2.31. The molecule has 13 rings (SSSR count). The molecule has 0 aliphatic heterocycles. The zero-order chi connectivity index (χ0) is 57.7. The summed E-state index contributed by atoms with van der Waals surface area (Å²) in [5.74, 6) is 6.81. The maximum atomic E-state index is 14.3. The second kappa shape index (κ2) is 19.6. The number of halogens is 3. The molecule has 0 aliphatic rings. The van der Waals surface area contributed by atoms with Crippen LogP contribution in [0.3, 0.4) is 0 Å². The Bertz CT molecular complexity index is 4640. The monoisotopic (exact) mass is 1100 g/mol. The molecule has 15 nitrogen and oxygen atoms in total. The summed E-state index contributed by atoms with van der Waals surface area (Å²) in [5.41, 5.74) is 10.2. The van der Waals surface area contributed by atoms with Crippen LogP contribution in [0.2, 0.25) is 0 Å². The summed E-state index contributed by atoms with van der Waals surface area (Å²) in [6.45, 7) is 25.3. The van der Waals surface area contributed by atoms with E-state index in [0.717, 1.165) is 71.9 Å². The lowest BCUT2D eigenvalue weighted by Gasteiger charge is -2.21.